The number of nitrogens with one attached hydrogen (secondary N) is 2. The highest BCUT2D eigenvalue weighted by molar-refractivity contribution is 5.76. The van der Waals surface area contributed by atoms with Crippen LogP contribution in [0.3, 0.4) is 0 Å². The zero-order chi connectivity index (χ0) is 35.7. The third kappa shape index (κ3) is 7.69. The van der Waals surface area contributed by atoms with Gasteiger partial charge in [0, 0.05) is 36.7 Å². The number of aliphatic hydroxyl groups is 1. The smallest absolute Gasteiger partial charge is 0.315 e. The Hall–Kier alpha value is -4.01. The van der Waals surface area contributed by atoms with Crippen molar-refractivity contribution in [1.82, 2.24) is 15.5 Å². The van der Waals surface area contributed by atoms with Gasteiger partial charge in [0.2, 0.25) is 0 Å². The molecule has 5 aliphatic rings. The lowest BCUT2D eigenvalue weighted by molar-refractivity contribution is -0.276. The molecule has 4 aromatic carbocycles. The fourth-order valence-electron chi connectivity index (χ4n) is 10.1. The molecule has 1 heterocycles. The maximum Gasteiger partial charge on any atom is 0.315 e. The van der Waals surface area contributed by atoms with Gasteiger partial charge in [-0.25, -0.2) is 4.79 Å². The minimum Gasteiger partial charge on any atom is -0.392 e. The molecular formula is C45H53N3O4. The molecule has 4 aliphatic carbocycles. The van der Waals surface area contributed by atoms with E-state index in [0.717, 1.165) is 83.5 Å². The summed E-state index contributed by atoms with van der Waals surface area (Å²) >= 11 is 0. The summed E-state index contributed by atoms with van der Waals surface area (Å²) in [6, 6.07) is 35.4. The van der Waals surface area contributed by atoms with Crippen LogP contribution < -0.4 is 10.6 Å². The van der Waals surface area contributed by atoms with E-state index >= 15 is 0 Å². The van der Waals surface area contributed by atoms with Crippen LogP contribution in [0, 0.1) is 23.7 Å². The molecule has 4 atom stereocenters. The molecule has 7 nitrogen and oxygen atoms in total. The number of amides is 2. The van der Waals surface area contributed by atoms with E-state index in [1.165, 1.54) is 24.8 Å². The van der Waals surface area contributed by atoms with Gasteiger partial charge in [-0.2, -0.15) is 0 Å². The first kappa shape index (κ1) is 35.0. The largest absolute Gasteiger partial charge is 0.392 e. The number of likely N-dealkylation sites (N-methyl/N-ethyl adjacent to an activating group) is 1. The van der Waals surface area contributed by atoms with Gasteiger partial charge in [-0.05, 0) is 96.7 Å². The van der Waals surface area contributed by atoms with Crippen LogP contribution >= 0.6 is 0 Å². The molecule has 5 fully saturated rings. The van der Waals surface area contributed by atoms with Crippen molar-refractivity contribution < 1.29 is 19.4 Å². The summed E-state index contributed by atoms with van der Waals surface area (Å²) in [4.78, 5) is 15.6. The van der Waals surface area contributed by atoms with E-state index in [0.29, 0.717) is 6.54 Å². The molecule has 4 bridgehead atoms. The van der Waals surface area contributed by atoms with E-state index in [2.05, 4.69) is 108 Å². The molecule has 7 heteroatoms. The van der Waals surface area contributed by atoms with E-state index in [1.807, 2.05) is 24.3 Å². The van der Waals surface area contributed by atoms with Crippen LogP contribution in [0.1, 0.15) is 85.7 Å². The van der Waals surface area contributed by atoms with Gasteiger partial charge in [0.15, 0.2) is 6.29 Å². The van der Waals surface area contributed by atoms with Gasteiger partial charge in [0.1, 0.15) is 0 Å². The third-order valence-corrected chi connectivity index (χ3v) is 12.3. The lowest BCUT2D eigenvalue weighted by Crippen LogP contribution is -2.61. The van der Waals surface area contributed by atoms with Crippen LogP contribution in [0.25, 0.3) is 11.1 Å². The van der Waals surface area contributed by atoms with Crippen LogP contribution in [0.2, 0.25) is 0 Å². The molecule has 0 aromatic heterocycles. The van der Waals surface area contributed by atoms with Crippen molar-refractivity contribution in [3.63, 3.8) is 0 Å². The Morgan fingerprint density at radius 2 is 1.42 bits per heavy atom. The number of aliphatic hydroxyl groups excluding tert-OH is 1. The van der Waals surface area contributed by atoms with Crippen molar-refractivity contribution in [1.29, 1.82) is 0 Å². The molecule has 272 valence electrons. The summed E-state index contributed by atoms with van der Waals surface area (Å²) in [7, 11) is 2.15. The lowest BCUT2D eigenvalue weighted by Gasteiger charge is -2.56. The van der Waals surface area contributed by atoms with Gasteiger partial charge in [-0.3, -0.25) is 4.90 Å². The Morgan fingerprint density at radius 3 is 2.10 bits per heavy atom. The van der Waals surface area contributed by atoms with Crippen LogP contribution in [0.15, 0.2) is 103 Å². The van der Waals surface area contributed by atoms with E-state index < -0.39 is 6.29 Å². The Labute approximate surface area is 308 Å². The van der Waals surface area contributed by atoms with Gasteiger partial charge >= 0.3 is 6.03 Å². The van der Waals surface area contributed by atoms with E-state index in [-0.39, 0.29) is 36.3 Å². The van der Waals surface area contributed by atoms with Gasteiger partial charge in [0.25, 0.3) is 0 Å². The summed E-state index contributed by atoms with van der Waals surface area (Å²) in [5.74, 6) is 2.48. The van der Waals surface area contributed by atoms with Crippen molar-refractivity contribution in [2.45, 2.75) is 89.2 Å². The van der Waals surface area contributed by atoms with Gasteiger partial charge in [-0.1, -0.05) is 110 Å². The number of hydrogen-bond acceptors (Lipinski definition) is 5. The maximum atomic E-state index is 13.3. The average molecular weight is 700 g/mol. The molecule has 4 aromatic rings. The molecule has 4 saturated carbocycles. The molecule has 3 N–H and O–H groups in total. The Bertz CT molecular complexity index is 1780. The average Bonchev–Trinajstić information content (AvgIpc) is 3.15. The number of carbonyl (C=O) groups excluding carboxylic acids is 1. The number of hydrogen-bond donors (Lipinski definition) is 3. The van der Waals surface area contributed by atoms with E-state index in [4.69, 9.17) is 9.47 Å². The van der Waals surface area contributed by atoms with Crippen molar-refractivity contribution in [3.05, 3.63) is 131 Å². The molecule has 4 unspecified atom stereocenters. The van der Waals surface area contributed by atoms with Crippen LogP contribution in [-0.4, -0.2) is 41.3 Å². The first-order valence-corrected chi connectivity index (χ1v) is 19.3. The predicted molar refractivity (Wildman–Crippen MR) is 204 cm³/mol. The van der Waals surface area contributed by atoms with Crippen molar-refractivity contribution in [2.75, 3.05) is 13.6 Å². The standard InChI is InChI=1S/C45H53N3O4/c1-30-41(28-48(2)27-31-8-4-3-5-9-31)51-43(52-42(30)37-14-12-32(29-49)13-15-37)38-18-16-36(17-19-38)40-11-7-6-10-39(40)26-46-44(50)47-45-23-33-20-34(24-45)22-35(21-33)25-45/h3-19,30,33-35,41-43,49H,20-29H2,1-2H3,(H2,46,47,50). The second-order valence-corrected chi connectivity index (χ2v) is 16.3. The maximum absolute atomic E-state index is 13.3. The number of rotatable bonds is 11. The normalized spacial score (nSPS) is 29.3. The summed E-state index contributed by atoms with van der Waals surface area (Å²) in [6.07, 6.45) is 6.74. The van der Waals surface area contributed by atoms with Gasteiger partial charge in [0.05, 0.1) is 18.8 Å². The third-order valence-electron chi connectivity index (χ3n) is 12.3. The first-order valence-electron chi connectivity index (χ1n) is 19.3. The van der Waals surface area contributed by atoms with Gasteiger partial charge < -0.3 is 25.2 Å². The molecule has 0 spiro atoms. The Kier molecular flexibility index (Phi) is 10.2. The molecule has 1 aliphatic heterocycles. The number of benzene rings is 4. The summed E-state index contributed by atoms with van der Waals surface area (Å²) in [5, 5.41) is 16.3. The highest BCUT2D eigenvalue weighted by atomic mass is 16.7. The Morgan fingerprint density at radius 1 is 0.788 bits per heavy atom. The fourth-order valence-corrected chi connectivity index (χ4v) is 10.1. The molecular weight excluding hydrogens is 647 g/mol. The predicted octanol–water partition coefficient (Wildman–Crippen LogP) is 8.54. The Balaban J connectivity index is 0.962. The summed E-state index contributed by atoms with van der Waals surface area (Å²) < 4.78 is 13.5. The number of ether oxygens (including phenoxy) is 2. The van der Waals surface area contributed by atoms with Crippen LogP contribution in [0.4, 0.5) is 4.79 Å². The first-order chi connectivity index (χ1) is 25.3. The second-order valence-electron chi connectivity index (χ2n) is 16.3. The molecule has 9 rings (SSSR count). The zero-order valence-electron chi connectivity index (χ0n) is 30.5. The number of nitrogens with zero attached hydrogens (tertiary/aromatic N) is 1. The number of carbonyl (C=O) groups is 1. The van der Waals surface area contributed by atoms with Crippen molar-refractivity contribution in [3.8, 4) is 11.1 Å². The van der Waals surface area contributed by atoms with Crippen LogP contribution in [0.5, 0.6) is 0 Å². The minimum atomic E-state index is -0.534. The lowest BCUT2D eigenvalue weighted by atomic mass is 9.53. The SMILES string of the molecule is CC1C(CN(C)Cc2ccccc2)OC(c2ccc(-c3ccccc3CNC(=O)NC34CC5CC(CC(C5)C3)C4)cc2)OC1c1ccc(CO)cc1. The van der Waals surface area contributed by atoms with Crippen molar-refractivity contribution in [2.24, 2.45) is 23.7 Å². The summed E-state index contributed by atoms with van der Waals surface area (Å²) in [6.45, 7) is 4.29. The quantitative estimate of drug-likeness (QED) is 0.146. The molecule has 52 heavy (non-hydrogen) atoms. The highest BCUT2D eigenvalue weighted by Gasteiger charge is 2.51. The number of urea groups is 1. The van der Waals surface area contributed by atoms with Gasteiger partial charge in [-0.15, -0.1) is 0 Å². The van der Waals surface area contributed by atoms with Crippen molar-refractivity contribution >= 4 is 6.03 Å². The van der Waals surface area contributed by atoms with Crippen LogP contribution in [-0.2, 0) is 29.2 Å². The molecule has 2 amide bonds. The molecule has 0 radical (unpaired) electrons. The second kappa shape index (κ2) is 15.2. The minimum absolute atomic E-state index is 0.00651. The van der Waals surface area contributed by atoms with E-state index in [1.54, 1.807) is 0 Å². The molecule has 1 saturated heterocycles. The summed E-state index contributed by atoms with van der Waals surface area (Å²) in [5.41, 5.74) is 7.47. The van der Waals surface area contributed by atoms with E-state index in [9.17, 15) is 9.90 Å². The topological polar surface area (TPSA) is 83.1 Å². The zero-order valence-corrected chi connectivity index (χ0v) is 30.5. The highest BCUT2D eigenvalue weighted by Crippen LogP contribution is 2.55. The fraction of sp³-hybridized carbons (Fsp3) is 0.444. The monoisotopic (exact) mass is 699 g/mol.